The van der Waals surface area contributed by atoms with Gasteiger partial charge in [0.25, 0.3) is 0 Å². The summed E-state index contributed by atoms with van der Waals surface area (Å²) in [5, 5.41) is 4.11. The number of anilines is 1. The second-order valence-corrected chi connectivity index (χ2v) is 9.26. The standard InChI is InChI=1S/C20H27Cl2NO2S/c1-12(13-8-6-5-7-9-13)18(24)23-16-10-14(21)15(22)11-17(16)25-19(26)20(2,3)4/h10-13H,5-9H2,1-4H3,(H,23,24)/t12-/m0/s1. The summed E-state index contributed by atoms with van der Waals surface area (Å²) in [6.45, 7) is 7.89. The van der Waals surface area contributed by atoms with Gasteiger partial charge in [0.15, 0.2) is 10.8 Å². The monoisotopic (exact) mass is 415 g/mol. The van der Waals surface area contributed by atoms with Gasteiger partial charge >= 0.3 is 0 Å². The third-order valence-electron chi connectivity index (χ3n) is 4.87. The van der Waals surface area contributed by atoms with Crippen LogP contribution in [0.5, 0.6) is 5.75 Å². The van der Waals surface area contributed by atoms with E-state index in [4.69, 9.17) is 40.2 Å². The van der Waals surface area contributed by atoms with Crippen LogP contribution >= 0.6 is 35.4 Å². The third kappa shape index (κ3) is 5.58. The number of hydrogen-bond acceptors (Lipinski definition) is 3. The van der Waals surface area contributed by atoms with Crippen molar-refractivity contribution in [3.8, 4) is 5.75 Å². The summed E-state index contributed by atoms with van der Waals surface area (Å²) in [5.41, 5.74) is 0.191. The molecule has 0 unspecified atom stereocenters. The molecular formula is C20H27Cl2NO2S. The van der Waals surface area contributed by atoms with Crippen LogP contribution in [0.1, 0.15) is 59.8 Å². The molecule has 0 bridgehead atoms. The van der Waals surface area contributed by atoms with Gasteiger partial charge in [-0.05, 0) is 37.0 Å². The Morgan fingerprint density at radius 1 is 1.19 bits per heavy atom. The molecule has 1 aliphatic rings. The maximum Gasteiger partial charge on any atom is 0.227 e. The molecule has 1 atom stereocenters. The smallest absolute Gasteiger partial charge is 0.227 e. The van der Waals surface area contributed by atoms with Gasteiger partial charge in [-0.1, -0.05) is 70.2 Å². The Kier molecular flexibility index (Phi) is 7.35. The van der Waals surface area contributed by atoms with E-state index >= 15 is 0 Å². The minimum Gasteiger partial charge on any atom is -0.447 e. The number of ether oxygens (including phenoxy) is 1. The van der Waals surface area contributed by atoms with Gasteiger partial charge in [0, 0.05) is 17.4 Å². The number of hydrogen-bond donors (Lipinski definition) is 1. The number of thiocarbonyl (C=S) groups is 1. The van der Waals surface area contributed by atoms with Gasteiger partial charge in [-0.2, -0.15) is 0 Å². The molecule has 2 rings (SSSR count). The predicted molar refractivity (Wildman–Crippen MR) is 114 cm³/mol. The highest BCUT2D eigenvalue weighted by atomic mass is 35.5. The molecular weight excluding hydrogens is 389 g/mol. The summed E-state index contributed by atoms with van der Waals surface area (Å²) >= 11 is 17.7. The lowest BCUT2D eigenvalue weighted by Gasteiger charge is -2.27. The van der Waals surface area contributed by atoms with Crippen LogP contribution in [0.25, 0.3) is 0 Å². The van der Waals surface area contributed by atoms with Crippen molar-refractivity contribution in [3.05, 3.63) is 22.2 Å². The highest BCUT2D eigenvalue weighted by Gasteiger charge is 2.27. The van der Waals surface area contributed by atoms with Crippen LogP contribution < -0.4 is 10.1 Å². The van der Waals surface area contributed by atoms with Gasteiger partial charge in [-0.15, -0.1) is 0 Å². The first kappa shape index (κ1) is 21.5. The Balaban J connectivity index is 2.20. The van der Waals surface area contributed by atoms with E-state index < -0.39 is 0 Å². The quantitative estimate of drug-likeness (QED) is 0.543. The van der Waals surface area contributed by atoms with Crippen LogP contribution in [-0.2, 0) is 4.79 Å². The molecule has 0 aliphatic heterocycles. The molecule has 1 N–H and O–H groups in total. The molecule has 0 radical (unpaired) electrons. The summed E-state index contributed by atoms with van der Waals surface area (Å²) < 4.78 is 5.85. The van der Waals surface area contributed by atoms with Crippen molar-refractivity contribution in [2.75, 3.05) is 5.32 Å². The lowest BCUT2D eigenvalue weighted by Crippen LogP contribution is -2.29. The van der Waals surface area contributed by atoms with Crippen molar-refractivity contribution in [3.63, 3.8) is 0 Å². The molecule has 0 spiro atoms. The SMILES string of the molecule is C[C@H](C(=O)Nc1cc(Cl)c(Cl)cc1OC(=S)C(C)(C)C)C1CCCCC1. The number of halogens is 2. The zero-order chi connectivity index (χ0) is 19.5. The summed E-state index contributed by atoms with van der Waals surface area (Å²) in [6, 6.07) is 3.22. The predicted octanol–water partition coefficient (Wildman–Crippen LogP) is 6.90. The first-order chi connectivity index (χ1) is 12.1. The second-order valence-electron chi connectivity index (χ2n) is 8.08. The van der Waals surface area contributed by atoms with Crippen LogP contribution in [0.4, 0.5) is 5.69 Å². The van der Waals surface area contributed by atoms with Gasteiger partial charge in [0.1, 0.15) is 0 Å². The fourth-order valence-electron chi connectivity index (χ4n) is 3.06. The van der Waals surface area contributed by atoms with Crippen molar-refractivity contribution in [1.82, 2.24) is 0 Å². The highest BCUT2D eigenvalue weighted by Crippen LogP contribution is 2.37. The molecule has 26 heavy (non-hydrogen) atoms. The first-order valence-electron chi connectivity index (χ1n) is 9.12. The Morgan fingerprint density at radius 2 is 1.77 bits per heavy atom. The number of benzene rings is 1. The third-order valence-corrected chi connectivity index (χ3v) is 6.28. The fraction of sp³-hybridized carbons (Fsp3) is 0.600. The van der Waals surface area contributed by atoms with E-state index in [-0.39, 0.29) is 17.2 Å². The van der Waals surface area contributed by atoms with Gasteiger partial charge in [0.05, 0.1) is 15.7 Å². The summed E-state index contributed by atoms with van der Waals surface area (Å²) in [4.78, 5) is 12.8. The van der Waals surface area contributed by atoms with Crippen LogP contribution in [0.3, 0.4) is 0 Å². The molecule has 144 valence electrons. The maximum atomic E-state index is 12.8. The Labute approximate surface area is 171 Å². The number of rotatable bonds is 4. The van der Waals surface area contributed by atoms with E-state index in [1.807, 2.05) is 27.7 Å². The van der Waals surface area contributed by atoms with E-state index in [0.717, 1.165) is 12.8 Å². The topological polar surface area (TPSA) is 38.3 Å². The van der Waals surface area contributed by atoms with E-state index in [1.54, 1.807) is 12.1 Å². The molecule has 1 fully saturated rings. The fourth-order valence-corrected chi connectivity index (χ4v) is 3.47. The zero-order valence-corrected chi connectivity index (χ0v) is 18.2. The van der Waals surface area contributed by atoms with Gasteiger partial charge in [0.2, 0.25) is 5.91 Å². The van der Waals surface area contributed by atoms with Crippen molar-refractivity contribution in [1.29, 1.82) is 0 Å². The summed E-state index contributed by atoms with van der Waals surface area (Å²) in [7, 11) is 0. The molecule has 1 saturated carbocycles. The average Bonchev–Trinajstić information content (AvgIpc) is 2.58. The van der Waals surface area contributed by atoms with Crippen molar-refractivity contribution in [2.24, 2.45) is 17.3 Å². The minimum absolute atomic E-state index is 0.0261. The van der Waals surface area contributed by atoms with Crippen LogP contribution in [0.15, 0.2) is 12.1 Å². The number of amides is 1. The van der Waals surface area contributed by atoms with Crippen LogP contribution in [0.2, 0.25) is 10.0 Å². The molecule has 1 amide bonds. The van der Waals surface area contributed by atoms with Crippen molar-refractivity contribution >= 4 is 52.1 Å². The molecule has 0 aromatic heterocycles. The Hall–Kier alpha value is -0.840. The molecule has 6 heteroatoms. The van der Waals surface area contributed by atoms with Gasteiger partial charge in [-0.3, -0.25) is 4.79 Å². The maximum absolute atomic E-state index is 12.8. The molecule has 0 saturated heterocycles. The zero-order valence-electron chi connectivity index (χ0n) is 15.8. The lowest BCUT2D eigenvalue weighted by atomic mass is 9.80. The molecule has 3 nitrogen and oxygen atoms in total. The Bertz CT molecular complexity index is 679. The normalized spacial score (nSPS) is 16.8. The second kappa shape index (κ2) is 8.90. The molecule has 1 aliphatic carbocycles. The average molecular weight is 416 g/mol. The van der Waals surface area contributed by atoms with E-state index in [2.05, 4.69) is 5.32 Å². The Morgan fingerprint density at radius 3 is 2.35 bits per heavy atom. The number of nitrogens with one attached hydrogen (secondary N) is 1. The summed E-state index contributed by atoms with van der Waals surface area (Å²) in [6.07, 6.45) is 5.87. The minimum atomic E-state index is -0.307. The van der Waals surface area contributed by atoms with E-state index in [9.17, 15) is 4.79 Å². The van der Waals surface area contributed by atoms with Crippen LogP contribution in [-0.4, -0.2) is 11.0 Å². The van der Waals surface area contributed by atoms with Gasteiger partial charge < -0.3 is 10.1 Å². The summed E-state index contributed by atoms with van der Waals surface area (Å²) in [5.74, 6) is 0.754. The molecule has 1 aromatic rings. The largest absolute Gasteiger partial charge is 0.447 e. The van der Waals surface area contributed by atoms with Crippen LogP contribution in [0, 0.1) is 17.3 Å². The molecule has 1 aromatic carbocycles. The first-order valence-corrected chi connectivity index (χ1v) is 10.3. The van der Waals surface area contributed by atoms with Crippen molar-refractivity contribution < 1.29 is 9.53 Å². The number of carbonyl (C=O) groups excluding carboxylic acids is 1. The lowest BCUT2D eigenvalue weighted by molar-refractivity contribution is -0.121. The van der Waals surface area contributed by atoms with E-state index in [0.29, 0.717) is 32.5 Å². The highest BCUT2D eigenvalue weighted by molar-refractivity contribution is 7.80. The number of carbonyl (C=O) groups is 1. The molecule has 0 heterocycles. The van der Waals surface area contributed by atoms with E-state index in [1.165, 1.54) is 19.3 Å². The van der Waals surface area contributed by atoms with Crippen molar-refractivity contribution in [2.45, 2.75) is 59.8 Å². The van der Waals surface area contributed by atoms with Gasteiger partial charge in [-0.25, -0.2) is 0 Å².